The zero-order chi connectivity index (χ0) is 21.4. The summed E-state index contributed by atoms with van der Waals surface area (Å²) in [6.07, 6.45) is 1.52. The highest BCUT2D eigenvalue weighted by Gasteiger charge is 2.31. The van der Waals surface area contributed by atoms with E-state index in [2.05, 4.69) is 0 Å². The van der Waals surface area contributed by atoms with Gasteiger partial charge in [0, 0.05) is 54.7 Å². The van der Waals surface area contributed by atoms with Gasteiger partial charge in [0.2, 0.25) is 5.91 Å². The Balaban J connectivity index is 1.51. The molecule has 0 bridgehead atoms. The molecule has 1 aliphatic heterocycles. The number of rotatable bonds is 3. The predicted molar refractivity (Wildman–Crippen MR) is 121 cm³/mol. The number of anilines is 1. The smallest absolute Gasteiger partial charge is 0.270 e. The minimum absolute atomic E-state index is 0.0218. The Morgan fingerprint density at radius 1 is 1.07 bits per heavy atom. The molecule has 0 radical (unpaired) electrons. The van der Waals surface area contributed by atoms with Gasteiger partial charge in [-0.2, -0.15) is 0 Å². The van der Waals surface area contributed by atoms with Gasteiger partial charge in [-0.3, -0.25) is 9.59 Å². The second-order valence-electron chi connectivity index (χ2n) is 7.99. The minimum atomic E-state index is 0.0218. The first-order valence-corrected chi connectivity index (χ1v) is 10.6. The van der Waals surface area contributed by atoms with Crippen molar-refractivity contribution in [2.24, 2.45) is 7.05 Å². The summed E-state index contributed by atoms with van der Waals surface area (Å²) in [6, 6.07) is 15.6. The normalized spacial score (nSPS) is 14.9. The van der Waals surface area contributed by atoms with Gasteiger partial charge >= 0.3 is 0 Å². The number of aromatic nitrogens is 1. The molecule has 0 spiro atoms. The van der Waals surface area contributed by atoms with Gasteiger partial charge in [0.25, 0.3) is 5.91 Å². The van der Waals surface area contributed by atoms with E-state index in [0.717, 1.165) is 35.0 Å². The summed E-state index contributed by atoms with van der Waals surface area (Å²) in [5, 5.41) is 1.62. The molecule has 3 aromatic rings. The van der Waals surface area contributed by atoms with E-state index >= 15 is 0 Å². The van der Waals surface area contributed by atoms with Gasteiger partial charge in [-0.1, -0.05) is 29.8 Å². The molecule has 2 amide bonds. The van der Waals surface area contributed by atoms with Gasteiger partial charge in [0.05, 0.1) is 0 Å². The van der Waals surface area contributed by atoms with Crippen LogP contribution >= 0.6 is 11.6 Å². The number of aryl methyl sites for hydroxylation is 2. The van der Waals surface area contributed by atoms with Crippen LogP contribution in [-0.2, 0) is 11.8 Å². The van der Waals surface area contributed by atoms with Crippen LogP contribution < -0.4 is 4.90 Å². The van der Waals surface area contributed by atoms with Crippen LogP contribution in [-0.4, -0.2) is 40.4 Å². The fraction of sp³-hybridized carbons (Fsp3) is 0.333. The van der Waals surface area contributed by atoms with Crippen LogP contribution in [0.1, 0.15) is 35.8 Å². The van der Waals surface area contributed by atoms with E-state index in [1.54, 1.807) is 6.92 Å². The largest absolute Gasteiger partial charge is 0.340 e. The third kappa shape index (κ3) is 3.70. The first-order valence-electron chi connectivity index (χ1n) is 10.3. The van der Waals surface area contributed by atoms with E-state index in [1.165, 1.54) is 0 Å². The minimum Gasteiger partial charge on any atom is -0.340 e. The van der Waals surface area contributed by atoms with Gasteiger partial charge in [0.1, 0.15) is 5.69 Å². The monoisotopic (exact) mass is 423 g/mol. The number of likely N-dealkylation sites (tertiary alicyclic amines) is 1. The maximum atomic E-state index is 13.2. The zero-order valence-electron chi connectivity index (χ0n) is 17.6. The van der Waals surface area contributed by atoms with Gasteiger partial charge in [-0.05, 0) is 55.7 Å². The third-order valence-corrected chi connectivity index (χ3v) is 6.29. The molecule has 6 heteroatoms. The number of para-hydroxylation sites is 1. The number of fused-ring (bicyclic) bond motifs is 1. The second kappa shape index (κ2) is 8.15. The predicted octanol–water partition coefficient (Wildman–Crippen LogP) is 4.80. The van der Waals surface area contributed by atoms with Crippen LogP contribution in [0.2, 0.25) is 5.02 Å². The van der Waals surface area contributed by atoms with Crippen molar-refractivity contribution in [1.82, 2.24) is 9.47 Å². The molecular weight excluding hydrogens is 398 g/mol. The molecule has 0 atom stereocenters. The summed E-state index contributed by atoms with van der Waals surface area (Å²) in [5.41, 5.74) is 3.69. The van der Waals surface area contributed by atoms with Crippen LogP contribution in [0.15, 0.2) is 48.5 Å². The highest BCUT2D eigenvalue weighted by atomic mass is 35.5. The van der Waals surface area contributed by atoms with E-state index in [0.29, 0.717) is 23.8 Å². The number of carbonyl (C=O) groups excluding carboxylic acids is 2. The summed E-state index contributed by atoms with van der Waals surface area (Å²) in [4.78, 5) is 29.4. The van der Waals surface area contributed by atoms with E-state index in [-0.39, 0.29) is 17.9 Å². The van der Waals surface area contributed by atoms with Gasteiger partial charge in [-0.25, -0.2) is 0 Å². The molecule has 5 nitrogen and oxygen atoms in total. The highest BCUT2D eigenvalue weighted by molar-refractivity contribution is 6.31. The average molecular weight is 424 g/mol. The van der Waals surface area contributed by atoms with E-state index < -0.39 is 0 Å². The maximum absolute atomic E-state index is 13.2. The van der Waals surface area contributed by atoms with Crippen LogP contribution in [0.5, 0.6) is 0 Å². The van der Waals surface area contributed by atoms with Crippen molar-refractivity contribution in [3.63, 3.8) is 0 Å². The molecule has 30 heavy (non-hydrogen) atoms. The standard InChI is InChI=1S/C24H26ClN3O2/c1-16-6-4-5-7-21(16)28(17(2)29)20-10-12-27(13-11-20)24(30)23-15-18-14-19(25)8-9-22(18)26(23)3/h4-9,14-15,20H,10-13H2,1-3H3. The molecule has 1 aromatic heterocycles. The molecule has 0 aliphatic carbocycles. The first kappa shape index (κ1) is 20.5. The average Bonchev–Trinajstić information content (AvgIpc) is 3.05. The van der Waals surface area contributed by atoms with Gasteiger partial charge in [-0.15, -0.1) is 0 Å². The SMILES string of the molecule is CC(=O)N(c1ccccc1C)C1CCN(C(=O)c2cc3cc(Cl)ccc3n2C)CC1. The molecule has 1 fully saturated rings. The first-order chi connectivity index (χ1) is 14.4. The molecule has 0 saturated carbocycles. The Labute approximate surface area is 181 Å². The number of hydrogen-bond donors (Lipinski definition) is 0. The Morgan fingerprint density at radius 2 is 1.77 bits per heavy atom. The Kier molecular flexibility index (Phi) is 5.56. The van der Waals surface area contributed by atoms with Crippen LogP contribution in [0, 0.1) is 6.92 Å². The molecule has 0 unspecified atom stereocenters. The molecule has 1 saturated heterocycles. The van der Waals surface area contributed by atoms with Crippen molar-refractivity contribution in [2.75, 3.05) is 18.0 Å². The topological polar surface area (TPSA) is 45.6 Å². The number of nitrogens with zero attached hydrogens (tertiary/aromatic N) is 3. The van der Waals surface area contributed by atoms with E-state index in [9.17, 15) is 9.59 Å². The van der Waals surface area contributed by atoms with Crippen LogP contribution in [0.3, 0.4) is 0 Å². The van der Waals surface area contributed by atoms with Crippen molar-refractivity contribution < 1.29 is 9.59 Å². The fourth-order valence-electron chi connectivity index (χ4n) is 4.47. The van der Waals surface area contributed by atoms with Crippen LogP contribution in [0.4, 0.5) is 5.69 Å². The second-order valence-corrected chi connectivity index (χ2v) is 8.43. The molecule has 0 N–H and O–H groups in total. The summed E-state index contributed by atoms with van der Waals surface area (Å²) >= 11 is 6.10. The maximum Gasteiger partial charge on any atom is 0.270 e. The van der Waals surface area contributed by atoms with Crippen molar-refractivity contribution in [1.29, 1.82) is 0 Å². The third-order valence-electron chi connectivity index (χ3n) is 6.05. The number of hydrogen-bond acceptors (Lipinski definition) is 2. The number of benzene rings is 2. The molecule has 2 heterocycles. The highest BCUT2D eigenvalue weighted by Crippen LogP contribution is 2.28. The quantitative estimate of drug-likeness (QED) is 0.607. The van der Waals surface area contributed by atoms with Crippen molar-refractivity contribution in [2.45, 2.75) is 32.7 Å². The summed E-state index contributed by atoms with van der Waals surface area (Å²) < 4.78 is 1.93. The van der Waals surface area contributed by atoms with Crippen LogP contribution in [0.25, 0.3) is 10.9 Å². The molecule has 2 aromatic carbocycles. The molecule has 1 aliphatic rings. The molecule has 4 rings (SSSR count). The lowest BCUT2D eigenvalue weighted by Crippen LogP contribution is -2.48. The molecule has 156 valence electrons. The zero-order valence-corrected chi connectivity index (χ0v) is 18.3. The fourth-order valence-corrected chi connectivity index (χ4v) is 4.65. The van der Waals surface area contributed by atoms with Crippen molar-refractivity contribution >= 4 is 40.0 Å². The van der Waals surface area contributed by atoms with E-state index in [4.69, 9.17) is 11.6 Å². The number of carbonyl (C=O) groups is 2. The van der Waals surface area contributed by atoms with E-state index in [1.807, 2.05) is 76.9 Å². The number of halogens is 1. The number of amides is 2. The summed E-state index contributed by atoms with van der Waals surface area (Å²) in [7, 11) is 1.91. The van der Waals surface area contributed by atoms with Crippen molar-refractivity contribution in [3.8, 4) is 0 Å². The lowest BCUT2D eigenvalue weighted by atomic mass is 10.0. The Bertz CT molecular complexity index is 1110. The Hall–Kier alpha value is -2.79. The lowest BCUT2D eigenvalue weighted by molar-refractivity contribution is -0.117. The number of piperidine rings is 1. The lowest BCUT2D eigenvalue weighted by Gasteiger charge is -2.38. The summed E-state index contributed by atoms with van der Waals surface area (Å²) in [5.74, 6) is 0.0631. The van der Waals surface area contributed by atoms with Gasteiger partial charge in [0.15, 0.2) is 0 Å². The van der Waals surface area contributed by atoms with Gasteiger partial charge < -0.3 is 14.4 Å². The molecular formula is C24H26ClN3O2. The van der Waals surface area contributed by atoms with Crippen molar-refractivity contribution in [3.05, 3.63) is 64.8 Å². The summed E-state index contributed by atoms with van der Waals surface area (Å²) in [6.45, 7) is 4.89. The Morgan fingerprint density at radius 3 is 2.43 bits per heavy atom.